The summed E-state index contributed by atoms with van der Waals surface area (Å²) in [6, 6.07) is 3.36. The van der Waals surface area contributed by atoms with Crippen LogP contribution in [0.3, 0.4) is 0 Å². The Morgan fingerprint density at radius 3 is 3.21 bits per heavy atom. The number of nitrogens with zero attached hydrogens (tertiary/aromatic N) is 1. The zero-order valence-corrected chi connectivity index (χ0v) is 7.85. The van der Waals surface area contributed by atoms with E-state index in [0.717, 1.165) is 25.1 Å². The lowest BCUT2D eigenvalue weighted by Gasteiger charge is -2.19. The molecule has 1 unspecified atom stereocenters. The van der Waals surface area contributed by atoms with Gasteiger partial charge in [-0.1, -0.05) is 0 Å². The maximum absolute atomic E-state index is 10.9. The molecule has 0 amide bonds. The molecule has 1 fully saturated rings. The van der Waals surface area contributed by atoms with Crippen molar-refractivity contribution in [3.63, 3.8) is 0 Å². The van der Waals surface area contributed by atoms with Gasteiger partial charge in [-0.05, 0) is 31.5 Å². The number of carboxylic acid groups (broad SMARTS) is 1. The summed E-state index contributed by atoms with van der Waals surface area (Å²) in [6.07, 6.45) is 3.31. The largest absolute Gasteiger partial charge is 0.480 e. The summed E-state index contributed by atoms with van der Waals surface area (Å²) in [7, 11) is 0. The molecule has 14 heavy (non-hydrogen) atoms. The Bertz CT molecular complexity index is 307. The molecule has 1 aromatic heterocycles. The molecule has 0 radical (unpaired) electrons. The lowest BCUT2D eigenvalue weighted by Crippen LogP contribution is -2.35. The molecule has 0 aromatic carbocycles. The first-order valence-corrected chi connectivity index (χ1v) is 4.76. The Balaban J connectivity index is 2.00. The topological polar surface area (TPSA) is 53.7 Å². The summed E-state index contributed by atoms with van der Waals surface area (Å²) in [5.41, 5.74) is 0. The Kier molecular flexibility index (Phi) is 2.54. The van der Waals surface area contributed by atoms with Crippen LogP contribution in [0.5, 0.6) is 0 Å². The third kappa shape index (κ3) is 1.80. The Morgan fingerprint density at radius 1 is 1.71 bits per heavy atom. The number of furan rings is 1. The van der Waals surface area contributed by atoms with Crippen molar-refractivity contribution in [2.24, 2.45) is 0 Å². The number of hydrogen-bond donors (Lipinski definition) is 1. The normalized spacial score (nSPS) is 22.7. The van der Waals surface area contributed by atoms with Crippen molar-refractivity contribution in [3.8, 4) is 0 Å². The van der Waals surface area contributed by atoms with E-state index in [9.17, 15) is 4.79 Å². The van der Waals surface area contributed by atoms with Gasteiger partial charge in [-0.3, -0.25) is 9.69 Å². The van der Waals surface area contributed by atoms with E-state index in [1.165, 1.54) is 0 Å². The molecule has 4 heteroatoms. The Labute approximate surface area is 82.1 Å². The molecule has 1 saturated heterocycles. The second kappa shape index (κ2) is 3.84. The van der Waals surface area contributed by atoms with Crippen LogP contribution in [0, 0.1) is 0 Å². The number of aliphatic carboxylic acids is 1. The summed E-state index contributed by atoms with van der Waals surface area (Å²) in [5.74, 6) is 0.104. The molecule has 1 aliphatic heterocycles. The zero-order chi connectivity index (χ0) is 9.97. The molecule has 4 nitrogen and oxygen atoms in total. The van der Waals surface area contributed by atoms with Crippen LogP contribution in [0.1, 0.15) is 18.6 Å². The first-order valence-electron chi connectivity index (χ1n) is 4.76. The summed E-state index contributed by atoms with van der Waals surface area (Å²) in [6.45, 7) is 1.45. The van der Waals surface area contributed by atoms with E-state index in [1.807, 2.05) is 17.0 Å². The number of carbonyl (C=O) groups is 1. The van der Waals surface area contributed by atoms with E-state index in [2.05, 4.69) is 0 Å². The minimum Gasteiger partial charge on any atom is -0.480 e. The van der Waals surface area contributed by atoms with Gasteiger partial charge in [-0.15, -0.1) is 0 Å². The molecular formula is C10H13NO3. The van der Waals surface area contributed by atoms with Crippen molar-refractivity contribution >= 4 is 5.97 Å². The monoisotopic (exact) mass is 195 g/mol. The third-order valence-electron chi connectivity index (χ3n) is 2.59. The maximum atomic E-state index is 10.9. The fourth-order valence-corrected chi connectivity index (χ4v) is 1.90. The molecule has 76 valence electrons. The Morgan fingerprint density at radius 2 is 2.57 bits per heavy atom. The van der Waals surface area contributed by atoms with Crippen LogP contribution in [0.15, 0.2) is 22.8 Å². The fraction of sp³-hybridized carbons (Fsp3) is 0.500. The third-order valence-corrected chi connectivity index (χ3v) is 2.59. The van der Waals surface area contributed by atoms with Crippen molar-refractivity contribution in [1.82, 2.24) is 4.90 Å². The van der Waals surface area contributed by atoms with E-state index in [-0.39, 0.29) is 6.04 Å². The van der Waals surface area contributed by atoms with Crippen LogP contribution in [0.2, 0.25) is 0 Å². The number of rotatable bonds is 3. The second-order valence-electron chi connectivity index (χ2n) is 3.55. The molecule has 1 N–H and O–H groups in total. The van der Waals surface area contributed by atoms with Crippen LogP contribution in [0.25, 0.3) is 0 Å². The molecular weight excluding hydrogens is 182 g/mol. The highest BCUT2D eigenvalue weighted by atomic mass is 16.4. The van der Waals surface area contributed by atoms with Gasteiger partial charge >= 0.3 is 5.97 Å². The standard InChI is InChI=1S/C10H13NO3/c12-10(13)9-4-1-5-11(9)7-8-3-2-6-14-8/h2-3,6,9H,1,4-5,7H2,(H,12,13). The van der Waals surface area contributed by atoms with Crippen molar-refractivity contribution in [2.75, 3.05) is 6.54 Å². The summed E-state index contributed by atoms with van der Waals surface area (Å²) in [5, 5.41) is 8.94. The summed E-state index contributed by atoms with van der Waals surface area (Å²) in [4.78, 5) is 12.8. The summed E-state index contributed by atoms with van der Waals surface area (Å²) >= 11 is 0. The van der Waals surface area contributed by atoms with E-state index >= 15 is 0 Å². The number of carboxylic acids is 1. The van der Waals surface area contributed by atoms with Crippen molar-refractivity contribution in [1.29, 1.82) is 0 Å². The van der Waals surface area contributed by atoms with Gasteiger partial charge in [0.25, 0.3) is 0 Å². The highest BCUT2D eigenvalue weighted by Crippen LogP contribution is 2.20. The first kappa shape index (κ1) is 9.27. The van der Waals surface area contributed by atoms with Crippen molar-refractivity contribution < 1.29 is 14.3 Å². The van der Waals surface area contributed by atoms with Gasteiger partial charge in [0.1, 0.15) is 11.8 Å². The van der Waals surface area contributed by atoms with Gasteiger partial charge in [0.2, 0.25) is 0 Å². The SMILES string of the molecule is O=C(O)C1CCCN1Cc1ccco1. The van der Waals surface area contributed by atoms with E-state index < -0.39 is 5.97 Å². The molecule has 1 aliphatic rings. The highest BCUT2D eigenvalue weighted by Gasteiger charge is 2.30. The highest BCUT2D eigenvalue weighted by molar-refractivity contribution is 5.73. The van der Waals surface area contributed by atoms with Gasteiger partial charge in [-0.25, -0.2) is 0 Å². The van der Waals surface area contributed by atoms with Crippen LogP contribution in [-0.4, -0.2) is 28.6 Å². The Hall–Kier alpha value is -1.29. The van der Waals surface area contributed by atoms with Gasteiger partial charge in [-0.2, -0.15) is 0 Å². The quantitative estimate of drug-likeness (QED) is 0.790. The zero-order valence-electron chi connectivity index (χ0n) is 7.85. The van der Waals surface area contributed by atoms with E-state index in [1.54, 1.807) is 6.26 Å². The smallest absolute Gasteiger partial charge is 0.320 e. The van der Waals surface area contributed by atoms with Gasteiger partial charge < -0.3 is 9.52 Å². The second-order valence-corrected chi connectivity index (χ2v) is 3.55. The molecule has 1 atom stereocenters. The van der Waals surface area contributed by atoms with Crippen molar-refractivity contribution in [2.45, 2.75) is 25.4 Å². The molecule has 0 saturated carbocycles. The average Bonchev–Trinajstić information content (AvgIpc) is 2.75. The van der Waals surface area contributed by atoms with Gasteiger partial charge in [0.15, 0.2) is 0 Å². The van der Waals surface area contributed by atoms with E-state index in [0.29, 0.717) is 6.54 Å². The molecule has 2 rings (SSSR count). The first-order chi connectivity index (χ1) is 6.77. The van der Waals surface area contributed by atoms with Crippen LogP contribution in [-0.2, 0) is 11.3 Å². The molecule has 2 heterocycles. The minimum absolute atomic E-state index is 0.333. The predicted molar refractivity (Wildman–Crippen MR) is 49.8 cm³/mol. The van der Waals surface area contributed by atoms with Gasteiger partial charge in [0, 0.05) is 0 Å². The maximum Gasteiger partial charge on any atom is 0.320 e. The molecule has 0 aliphatic carbocycles. The van der Waals surface area contributed by atoms with Gasteiger partial charge in [0.05, 0.1) is 12.8 Å². The number of likely N-dealkylation sites (tertiary alicyclic amines) is 1. The fourth-order valence-electron chi connectivity index (χ4n) is 1.90. The lowest BCUT2D eigenvalue weighted by molar-refractivity contribution is -0.142. The average molecular weight is 195 g/mol. The van der Waals surface area contributed by atoms with Crippen LogP contribution in [0.4, 0.5) is 0 Å². The minimum atomic E-state index is -0.728. The van der Waals surface area contributed by atoms with E-state index in [4.69, 9.17) is 9.52 Å². The van der Waals surface area contributed by atoms with Crippen LogP contribution < -0.4 is 0 Å². The molecule has 0 spiro atoms. The predicted octanol–water partition coefficient (Wildman–Crippen LogP) is 1.33. The van der Waals surface area contributed by atoms with Crippen LogP contribution >= 0.6 is 0 Å². The van der Waals surface area contributed by atoms with Crippen molar-refractivity contribution in [3.05, 3.63) is 24.2 Å². The molecule has 0 bridgehead atoms. The number of hydrogen-bond acceptors (Lipinski definition) is 3. The summed E-state index contributed by atoms with van der Waals surface area (Å²) < 4.78 is 5.19. The molecule has 1 aromatic rings. The lowest BCUT2D eigenvalue weighted by atomic mass is 10.2.